The molecule has 4 aromatic rings. The predicted octanol–water partition coefficient (Wildman–Crippen LogP) is 5.65. The van der Waals surface area contributed by atoms with Crippen molar-refractivity contribution in [1.29, 1.82) is 0 Å². The first-order valence-corrected chi connectivity index (χ1v) is 16.5. The molecule has 4 heterocycles. The Balaban J connectivity index is 1.04. The van der Waals surface area contributed by atoms with Crippen molar-refractivity contribution in [1.82, 2.24) is 25.7 Å². The Morgan fingerprint density at radius 3 is 2.73 bits per heavy atom. The lowest BCUT2D eigenvalue weighted by atomic mass is 9.96. The summed E-state index contributed by atoms with van der Waals surface area (Å²) in [5, 5.41) is 17.6. The minimum atomic E-state index is -4.88. The SMILES string of the molecule is C=CC(=O)N1CCC(OC(=O)NCCOCCOc2cc(F)ccc2-c2nnc(-c3ccc4c(c3)CCNC4)c3ccsc23)(C(F)(F)F)C1. The van der Waals surface area contributed by atoms with E-state index in [-0.39, 0.29) is 38.7 Å². The number of nitrogens with one attached hydrogen (secondary N) is 2. The number of hydrogen-bond donors (Lipinski definition) is 2. The van der Waals surface area contributed by atoms with Crippen molar-refractivity contribution < 1.29 is 41.4 Å². The summed E-state index contributed by atoms with van der Waals surface area (Å²) >= 11 is 1.50. The number of rotatable bonds is 11. The molecule has 0 saturated carbocycles. The number of alkyl carbamates (subject to hydrolysis) is 1. The number of thiophene rings is 1. The summed E-state index contributed by atoms with van der Waals surface area (Å²) < 4.78 is 72.7. The van der Waals surface area contributed by atoms with Crippen LogP contribution < -0.4 is 15.4 Å². The number of halogens is 4. The zero-order valence-corrected chi connectivity index (χ0v) is 27.1. The molecule has 1 unspecified atom stereocenters. The molecule has 2 N–H and O–H groups in total. The topological polar surface area (TPSA) is 115 Å². The maximum atomic E-state index is 14.3. The summed E-state index contributed by atoms with van der Waals surface area (Å²) in [5.41, 5.74) is 2.57. The lowest BCUT2D eigenvalue weighted by molar-refractivity contribution is -0.252. The van der Waals surface area contributed by atoms with Crippen molar-refractivity contribution >= 4 is 33.4 Å². The van der Waals surface area contributed by atoms with Crippen LogP contribution in [-0.4, -0.2) is 84.9 Å². The van der Waals surface area contributed by atoms with E-state index in [0.29, 0.717) is 11.3 Å². The molecule has 10 nitrogen and oxygen atoms in total. The predicted molar refractivity (Wildman–Crippen MR) is 175 cm³/mol. The fraction of sp³-hybridized carbons (Fsp3) is 0.353. The molecule has 2 aromatic heterocycles. The molecule has 2 aliphatic rings. The maximum absolute atomic E-state index is 14.3. The van der Waals surface area contributed by atoms with E-state index in [4.69, 9.17) is 14.2 Å². The number of nitrogens with zero attached hydrogens (tertiary/aromatic N) is 3. The number of carbonyl (C=O) groups excluding carboxylic acids is 2. The van der Waals surface area contributed by atoms with Crippen molar-refractivity contribution in [2.45, 2.75) is 31.2 Å². The highest BCUT2D eigenvalue weighted by Crippen LogP contribution is 2.42. The van der Waals surface area contributed by atoms with E-state index < -0.39 is 42.6 Å². The van der Waals surface area contributed by atoms with Crippen molar-refractivity contribution in [3.63, 3.8) is 0 Å². The Bertz CT molecular complexity index is 1870. The molecule has 258 valence electrons. The van der Waals surface area contributed by atoms with Crippen LogP contribution in [0.1, 0.15) is 17.5 Å². The number of aromatic nitrogens is 2. The Hall–Kier alpha value is -4.60. The van der Waals surface area contributed by atoms with Crippen LogP contribution in [0.3, 0.4) is 0 Å². The summed E-state index contributed by atoms with van der Waals surface area (Å²) in [6.45, 7) is 3.84. The largest absolute Gasteiger partial charge is 0.490 e. The van der Waals surface area contributed by atoms with Crippen LogP contribution >= 0.6 is 11.3 Å². The van der Waals surface area contributed by atoms with Crippen molar-refractivity contribution in [2.24, 2.45) is 0 Å². The highest BCUT2D eigenvalue weighted by molar-refractivity contribution is 7.17. The van der Waals surface area contributed by atoms with Crippen LogP contribution in [0.25, 0.3) is 32.6 Å². The van der Waals surface area contributed by atoms with Gasteiger partial charge in [-0.3, -0.25) is 4.79 Å². The average molecular weight is 700 g/mol. The lowest BCUT2D eigenvalue weighted by Gasteiger charge is -2.31. The minimum Gasteiger partial charge on any atom is -0.490 e. The third-order valence-corrected chi connectivity index (χ3v) is 9.40. The number of benzene rings is 2. The standard InChI is InChI=1S/C34H33F4N5O5S/c1-2-28(44)43-12-9-33(20-43,34(36,37)38)48-32(45)40-11-13-46-14-15-47-27-18-24(35)5-6-25(27)30-31-26(8-16-49-31)29(41-42-30)22-3-4-23-19-39-10-7-21(23)17-22/h2-6,8,16-18,39H,1,7,9-15,19-20H2,(H,40,45). The molecule has 0 radical (unpaired) electrons. The number of carbonyl (C=O) groups is 2. The second-order valence-electron chi connectivity index (χ2n) is 11.6. The van der Waals surface area contributed by atoms with Gasteiger partial charge in [-0.15, -0.1) is 21.5 Å². The summed E-state index contributed by atoms with van der Waals surface area (Å²) in [4.78, 5) is 24.9. The van der Waals surface area contributed by atoms with Crippen LogP contribution in [0.4, 0.5) is 22.4 Å². The van der Waals surface area contributed by atoms with Gasteiger partial charge in [-0.25, -0.2) is 9.18 Å². The van der Waals surface area contributed by atoms with Crippen LogP contribution in [0, 0.1) is 5.82 Å². The monoisotopic (exact) mass is 699 g/mol. The maximum Gasteiger partial charge on any atom is 0.430 e. The van der Waals surface area contributed by atoms with Gasteiger partial charge in [0, 0.05) is 48.6 Å². The number of likely N-dealkylation sites (tertiary alicyclic amines) is 1. The van der Waals surface area contributed by atoms with Crippen LogP contribution in [0.15, 0.2) is 60.5 Å². The Kier molecular flexibility index (Phi) is 10.1. The fourth-order valence-electron chi connectivity index (χ4n) is 5.93. The molecule has 0 aliphatic carbocycles. The number of fused-ring (bicyclic) bond motifs is 2. The van der Waals surface area contributed by atoms with Crippen LogP contribution in [0.5, 0.6) is 5.75 Å². The first kappa shape index (κ1) is 34.3. The molecule has 49 heavy (non-hydrogen) atoms. The van der Waals surface area contributed by atoms with E-state index in [1.54, 1.807) is 6.07 Å². The van der Waals surface area contributed by atoms with Crippen molar-refractivity contribution in [3.8, 4) is 28.3 Å². The minimum absolute atomic E-state index is 0.00826. The Morgan fingerprint density at radius 2 is 1.92 bits per heavy atom. The van der Waals surface area contributed by atoms with Gasteiger partial charge in [0.15, 0.2) is 0 Å². The Labute approximate surface area is 283 Å². The van der Waals surface area contributed by atoms with Gasteiger partial charge < -0.3 is 29.7 Å². The molecular formula is C34H33F4N5O5S. The van der Waals surface area contributed by atoms with Gasteiger partial charge in [0.1, 0.15) is 29.6 Å². The normalized spacial score (nSPS) is 17.5. The van der Waals surface area contributed by atoms with E-state index in [2.05, 4.69) is 39.5 Å². The van der Waals surface area contributed by atoms with Gasteiger partial charge in [0.05, 0.1) is 24.5 Å². The first-order valence-electron chi connectivity index (χ1n) is 15.6. The molecule has 0 spiro atoms. The molecule has 15 heteroatoms. The third-order valence-electron chi connectivity index (χ3n) is 8.47. The third kappa shape index (κ3) is 7.38. The van der Waals surface area contributed by atoms with Gasteiger partial charge >= 0.3 is 12.3 Å². The van der Waals surface area contributed by atoms with Crippen LogP contribution in [0.2, 0.25) is 0 Å². The van der Waals surface area contributed by atoms with E-state index in [1.807, 2.05) is 17.5 Å². The summed E-state index contributed by atoms with van der Waals surface area (Å²) in [5.74, 6) is -0.948. The summed E-state index contributed by atoms with van der Waals surface area (Å²) in [6, 6.07) is 12.5. The van der Waals surface area contributed by atoms with E-state index in [1.165, 1.54) is 34.6 Å². The zero-order valence-electron chi connectivity index (χ0n) is 26.3. The van der Waals surface area contributed by atoms with Gasteiger partial charge in [-0.05, 0) is 59.8 Å². The van der Waals surface area contributed by atoms with Gasteiger partial charge in [-0.1, -0.05) is 18.7 Å². The highest BCUT2D eigenvalue weighted by atomic mass is 32.1. The van der Waals surface area contributed by atoms with E-state index in [9.17, 15) is 27.2 Å². The van der Waals surface area contributed by atoms with E-state index >= 15 is 0 Å². The molecule has 1 saturated heterocycles. The molecule has 2 aromatic carbocycles. The molecular weight excluding hydrogens is 666 g/mol. The molecule has 1 atom stereocenters. The van der Waals surface area contributed by atoms with Crippen molar-refractivity contribution in [3.05, 3.63) is 77.4 Å². The zero-order chi connectivity index (χ0) is 34.6. The van der Waals surface area contributed by atoms with Crippen LogP contribution in [-0.2, 0) is 27.2 Å². The quantitative estimate of drug-likeness (QED) is 0.117. The number of ether oxygens (including phenoxy) is 3. The van der Waals surface area contributed by atoms with Gasteiger partial charge in [-0.2, -0.15) is 13.2 Å². The number of alkyl halides is 3. The molecule has 1 fully saturated rings. The van der Waals surface area contributed by atoms with Gasteiger partial charge in [0.25, 0.3) is 0 Å². The first-order chi connectivity index (χ1) is 23.6. The molecule has 0 bridgehead atoms. The molecule has 6 rings (SSSR count). The summed E-state index contributed by atoms with van der Waals surface area (Å²) in [7, 11) is 0. The van der Waals surface area contributed by atoms with E-state index in [0.717, 1.165) is 51.8 Å². The average Bonchev–Trinajstić information content (AvgIpc) is 3.76. The smallest absolute Gasteiger partial charge is 0.430 e. The molecule has 2 aliphatic heterocycles. The number of hydrogen-bond acceptors (Lipinski definition) is 9. The fourth-order valence-corrected chi connectivity index (χ4v) is 6.82. The summed E-state index contributed by atoms with van der Waals surface area (Å²) in [6.07, 6.45) is -4.91. The second kappa shape index (κ2) is 14.5. The lowest BCUT2D eigenvalue weighted by Crippen LogP contribution is -2.53. The molecule has 2 amide bonds. The number of amides is 2. The van der Waals surface area contributed by atoms with Gasteiger partial charge in [0.2, 0.25) is 11.5 Å². The van der Waals surface area contributed by atoms with Crippen molar-refractivity contribution in [2.75, 3.05) is 46.0 Å². The highest BCUT2D eigenvalue weighted by Gasteiger charge is 2.62. The second-order valence-corrected chi connectivity index (χ2v) is 12.5. The Morgan fingerprint density at radius 1 is 1.08 bits per heavy atom.